The molecule has 0 unspecified atom stereocenters. The Hall–Kier alpha value is -2.67. The molecule has 2 N–H and O–H groups in total. The molecule has 0 aliphatic carbocycles. The number of ketones is 1. The molecule has 2 aromatic rings. The summed E-state index contributed by atoms with van der Waals surface area (Å²) in [4.78, 5) is 25.7. The lowest BCUT2D eigenvalue weighted by molar-refractivity contribution is -0.375. The first-order chi connectivity index (χ1) is 14.6. The molecule has 0 bridgehead atoms. The topological polar surface area (TPSA) is 88.5 Å². The molecule has 0 aliphatic heterocycles. The van der Waals surface area contributed by atoms with E-state index in [1.165, 1.54) is 45.2 Å². The summed E-state index contributed by atoms with van der Waals surface area (Å²) in [5.41, 5.74) is -5.63. The Labute approximate surface area is 182 Å². The number of Topliss-reactive ketones (excluding diaryl/α,β-unsaturated/α-hetero) is 1. The molecule has 0 saturated carbocycles. The van der Waals surface area contributed by atoms with Crippen molar-refractivity contribution in [3.05, 3.63) is 46.0 Å². The molecule has 0 radical (unpaired) electrons. The number of nitrogens with zero attached hydrogens (tertiary/aromatic N) is 1. The van der Waals surface area contributed by atoms with E-state index in [4.69, 9.17) is 0 Å². The normalized spacial score (nSPS) is 12.7. The summed E-state index contributed by atoms with van der Waals surface area (Å²) >= 11 is -0.110. The molecule has 0 saturated heterocycles. The molecule has 6 nitrogen and oxygen atoms in total. The van der Waals surface area contributed by atoms with Crippen LogP contribution in [0.15, 0.2) is 24.3 Å². The summed E-state index contributed by atoms with van der Waals surface area (Å²) in [5.74, 6) is -2.65. The molecule has 0 amide bonds. The quantitative estimate of drug-likeness (QED) is 0.337. The molecular weight excluding hydrogens is 466 g/mol. The van der Waals surface area contributed by atoms with E-state index in [-0.39, 0.29) is 23.4 Å². The molecule has 2 rings (SSSR count). The van der Waals surface area contributed by atoms with Crippen LogP contribution in [0.2, 0.25) is 0 Å². The standard InChI is InChI=1S/C19H18F6N2O4S/c1-9(2)13(28)12-14(17(30,18(20,21)22)19(23,24)25)32-16(27-12)26-8-10-4-6-11(7-5-10)15(29)31-3/h4-7,9,30H,8H2,1-3H3,(H,26,27). The van der Waals surface area contributed by atoms with E-state index in [9.17, 15) is 41.0 Å². The van der Waals surface area contributed by atoms with E-state index in [0.29, 0.717) is 5.56 Å². The molecule has 32 heavy (non-hydrogen) atoms. The van der Waals surface area contributed by atoms with Gasteiger partial charge in [0.2, 0.25) is 0 Å². The van der Waals surface area contributed by atoms with E-state index in [1.54, 1.807) is 0 Å². The number of aliphatic hydroxyl groups is 1. The highest BCUT2D eigenvalue weighted by Crippen LogP contribution is 2.53. The number of nitrogens with one attached hydrogen (secondary N) is 1. The van der Waals surface area contributed by atoms with Crippen molar-refractivity contribution in [2.24, 2.45) is 5.92 Å². The molecule has 176 valence electrons. The smallest absolute Gasteiger partial charge is 0.431 e. The summed E-state index contributed by atoms with van der Waals surface area (Å²) in [7, 11) is 1.19. The van der Waals surface area contributed by atoms with Gasteiger partial charge in [-0.25, -0.2) is 9.78 Å². The van der Waals surface area contributed by atoms with Crippen molar-refractivity contribution in [2.75, 3.05) is 12.4 Å². The average molecular weight is 484 g/mol. The second-order valence-electron chi connectivity index (χ2n) is 6.96. The van der Waals surface area contributed by atoms with E-state index in [1.807, 2.05) is 0 Å². The van der Waals surface area contributed by atoms with Gasteiger partial charge in [0.1, 0.15) is 5.69 Å². The Morgan fingerprint density at radius 1 is 1.09 bits per heavy atom. The highest BCUT2D eigenvalue weighted by Gasteiger charge is 2.73. The van der Waals surface area contributed by atoms with Crippen LogP contribution in [0.5, 0.6) is 0 Å². The summed E-state index contributed by atoms with van der Waals surface area (Å²) in [5, 5.41) is 11.9. The second kappa shape index (κ2) is 9.06. The number of hydrogen-bond acceptors (Lipinski definition) is 7. The van der Waals surface area contributed by atoms with Crippen LogP contribution in [0.1, 0.15) is 45.1 Å². The van der Waals surface area contributed by atoms with E-state index < -0.39 is 51.3 Å². The maximum atomic E-state index is 13.4. The number of rotatable bonds is 7. The number of thiazole rings is 1. The van der Waals surface area contributed by atoms with Gasteiger partial charge < -0.3 is 15.2 Å². The monoisotopic (exact) mass is 484 g/mol. The minimum absolute atomic E-state index is 0.0970. The van der Waals surface area contributed by atoms with Gasteiger partial charge in [-0.2, -0.15) is 26.3 Å². The minimum atomic E-state index is -6.15. The van der Waals surface area contributed by atoms with Gasteiger partial charge in [-0.1, -0.05) is 37.3 Å². The zero-order chi connectivity index (χ0) is 24.5. The molecule has 13 heteroatoms. The lowest BCUT2D eigenvalue weighted by Crippen LogP contribution is -2.54. The van der Waals surface area contributed by atoms with Crippen molar-refractivity contribution in [2.45, 2.75) is 38.3 Å². The number of esters is 1. The van der Waals surface area contributed by atoms with Gasteiger partial charge in [-0.3, -0.25) is 4.79 Å². The first kappa shape index (κ1) is 25.6. The van der Waals surface area contributed by atoms with Gasteiger partial charge in [-0.15, -0.1) is 0 Å². The lowest BCUT2D eigenvalue weighted by atomic mass is 9.95. The molecular formula is C19H18F6N2O4S. The Bertz CT molecular complexity index is 969. The predicted molar refractivity (Wildman–Crippen MR) is 102 cm³/mol. The Kier molecular flexibility index (Phi) is 7.24. The van der Waals surface area contributed by atoms with Gasteiger partial charge in [0.05, 0.1) is 17.6 Å². The van der Waals surface area contributed by atoms with Gasteiger partial charge >= 0.3 is 18.3 Å². The number of carbonyl (C=O) groups is 2. The SMILES string of the molecule is COC(=O)c1ccc(CNc2nc(C(=O)C(C)C)c(C(O)(C(F)(F)F)C(F)(F)F)s2)cc1. The van der Waals surface area contributed by atoms with Crippen LogP contribution in [0.3, 0.4) is 0 Å². The van der Waals surface area contributed by atoms with Crippen LogP contribution in [-0.2, 0) is 16.9 Å². The van der Waals surface area contributed by atoms with Crippen LogP contribution < -0.4 is 5.32 Å². The van der Waals surface area contributed by atoms with Crippen molar-refractivity contribution < 1.29 is 45.8 Å². The third-order valence-electron chi connectivity index (χ3n) is 4.35. The Morgan fingerprint density at radius 2 is 1.62 bits per heavy atom. The fourth-order valence-electron chi connectivity index (χ4n) is 2.55. The summed E-state index contributed by atoms with van der Waals surface area (Å²) < 4.78 is 84.7. The van der Waals surface area contributed by atoms with Crippen molar-refractivity contribution >= 4 is 28.2 Å². The van der Waals surface area contributed by atoms with Crippen LogP contribution in [0.25, 0.3) is 0 Å². The van der Waals surface area contributed by atoms with E-state index in [2.05, 4.69) is 15.0 Å². The van der Waals surface area contributed by atoms with Crippen LogP contribution in [-0.4, -0.2) is 41.3 Å². The molecule has 1 aromatic heterocycles. The van der Waals surface area contributed by atoms with E-state index in [0.717, 1.165) is 0 Å². The summed E-state index contributed by atoms with van der Waals surface area (Å²) in [6, 6.07) is 5.79. The van der Waals surface area contributed by atoms with Crippen molar-refractivity contribution in [3.63, 3.8) is 0 Å². The van der Waals surface area contributed by atoms with Crippen molar-refractivity contribution in [1.29, 1.82) is 0 Å². The van der Waals surface area contributed by atoms with Crippen molar-refractivity contribution in [3.8, 4) is 0 Å². The third-order valence-corrected chi connectivity index (χ3v) is 5.47. The summed E-state index contributed by atoms with van der Waals surface area (Å²) in [6.07, 6.45) is -12.3. The zero-order valence-electron chi connectivity index (χ0n) is 16.9. The number of alkyl halides is 6. The highest BCUT2D eigenvalue weighted by atomic mass is 32.1. The van der Waals surface area contributed by atoms with Crippen LogP contribution in [0, 0.1) is 5.92 Å². The number of hydrogen-bond donors (Lipinski definition) is 2. The number of benzene rings is 1. The molecule has 0 fully saturated rings. The second-order valence-corrected chi connectivity index (χ2v) is 7.96. The predicted octanol–water partition coefficient (Wildman–Crippen LogP) is 4.69. The molecule has 1 aromatic carbocycles. The average Bonchev–Trinajstić information content (AvgIpc) is 3.13. The minimum Gasteiger partial charge on any atom is -0.465 e. The highest BCUT2D eigenvalue weighted by molar-refractivity contribution is 7.16. The van der Waals surface area contributed by atoms with Crippen LogP contribution >= 0.6 is 11.3 Å². The van der Waals surface area contributed by atoms with Gasteiger partial charge in [0.25, 0.3) is 5.60 Å². The number of methoxy groups -OCH3 is 1. The Balaban J connectivity index is 2.44. The number of aromatic nitrogens is 1. The largest absolute Gasteiger partial charge is 0.465 e. The Morgan fingerprint density at radius 3 is 2.06 bits per heavy atom. The number of anilines is 1. The number of halogens is 6. The molecule has 1 heterocycles. The molecule has 0 aliphatic rings. The van der Waals surface area contributed by atoms with Gasteiger partial charge in [-0.05, 0) is 17.7 Å². The first-order valence-electron chi connectivity index (χ1n) is 8.96. The number of carbonyl (C=O) groups excluding carboxylic acids is 2. The lowest BCUT2D eigenvalue weighted by Gasteiger charge is -2.31. The van der Waals surface area contributed by atoms with Crippen molar-refractivity contribution in [1.82, 2.24) is 4.98 Å². The van der Waals surface area contributed by atoms with Gasteiger partial charge in [0.15, 0.2) is 10.9 Å². The zero-order valence-corrected chi connectivity index (χ0v) is 17.7. The third kappa shape index (κ3) is 4.88. The molecule has 0 spiro atoms. The summed E-state index contributed by atoms with van der Waals surface area (Å²) in [6.45, 7) is 2.46. The maximum absolute atomic E-state index is 13.4. The van der Waals surface area contributed by atoms with E-state index >= 15 is 0 Å². The fourth-order valence-corrected chi connectivity index (χ4v) is 3.65. The van der Waals surface area contributed by atoms with Crippen LogP contribution in [0.4, 0.5) is 31.5 Å². The maximum Gasteiger partial charge on any atom is 0.431 e. The fraction of sp³-hybridized carbons (Fsp3) is 0.421. The number of ether oxygens (including phenoxy) is 1. The first-order valence-corrected chi connectivity index (χ1v) is 9.77. The molecule has 0 atom stereocenters. The van der Waals surface area contributed by atoms with Gasteiger partial charge in [0, 0.05) is 12.5 Å².